The Kier molecular flexibility index (Phi) is 9.76. The lowest BCUT2D eigenvalue weighted by atomic mass is 10.1. The Hall–Kier alpha value is -4.18. The van der Waals surface area contributed by atoms with Gasteiger partial charge in [-0.05, 0) is 60.4 Å². The first kappa shape index (κ1) is 30.3. The maximum Gasteiger partial charge on any atom is 0.262 e. The zero-order valence-corrected chi connectivity index (χ0v) is 25.0. The maximum atomic E-state index is 13.9. The number of rotatable bonds is 11. The van der Waals surface area contributed by atoms with Crippen molar-refractivity contribution in [1.82, 2.24) is 9.62 Å². The third kappa shape index (κ3) is 7.62. The van der Waals surface area contributed by atoms with Crippen LogP contribution in [0.4, 0.5) is 5.69 Å². The van der Waals surface area contributed by atoms with Gasteiger partial charge in [0.05, 0.1) is 23.7 Å². The van der Waals surface area contributed by atoms with Crippen molar-refractivity contribution in [2.75, 3.05) is 31.1 Å². The fourth-order valence-electron chi connectivity index (χ4n) is 4.87. The first-order valence-electron chi connectivity index (χ1n) is 14.0. The molecule has 0 fully saturated rings. The minimum absolute atomic E-state index is 0.0378. The highest BCUT2D eigenvalue weighted by molar-refractivity contribution is 7.89. The van der Waals surface area contributed by atoms with Crippen LogP contribution in [0.2, 0.25) is 5.02 Å². The SMILES string of the molecule is O=C(NCCc1ccccc1)[C@H]1CN(C(=O)CN(CCc2ccccc2)S(=O)(=O)c2ccc(Cl)cc2)c2ccccc2O1. The van der Waals surface area contributed by atoms with Gasteiger partial charge >= 0.3 is 0 Å². The van der Waals surface area contributed by atoms with Gasteiger partial charge in [0.1, 0.15) is 5.75 Å². The molecule has 0 aliphatic carbocycles. The van der Waals surface area contributed by atoms with Crippen LogP contribution >= 0.6 is 11.6 Å². The predicted octanol–water partition coefficient (Wildman–Crippen LogP) is 4.73. The van der Waals surface area contributed by atoms with Gasteiger partial charge in [-0.2, -0.15) is 4.31 Å². The summed E-state index contributed by atoms with van der Waals surface area (Å²) in [5.74, 6) is -0.442. The van der Waals surface area contributed by atoms with Crippen molar-refractivity contribution in [2.45, 2.75) is 23.8 Å². The molecule has 8 nitrogen and oxygen atoms in total. The number of amides is 2. The van der Waals surface area contributed by atoms with E-state index in [0.717, 1.165) is 11.1 Å². The van der Waals surface area contributed by atoms with Gasteiger partial charge in [0, 0.05) is 18.1 Å². The van der Waals surface area contributed by atoms with Gasteiger partial charge in [-0.25, -0.2) is 8.42 Å². The van der Waals surface area contributed by atoms with Gasteiger partial charge in [0.25, 0.3) is 5.91 Å². The van der Waals surface area contributed by atoms with Crippen molar-refractivity contribution in [3.05, 3.63) is 125 Å². The third-order valence-corrected chi connectivity index (χ3v) is 9.29. The molecule has 0 aromatic heterocycles. The van der Waals surface area contributed by atoms with Crippen LogP contribution in [0.15, 0.2) is 114 Å². The number of hydrogen-bond donors (Lipinski definition) is 1. The van der Waals surface area contributed by atoms with Crippen LogP contribution in [0.5, 0.6) is 5.75 Å². The number of carbonyl (C=O) groups excluding carboxylic acids is 2. The normalized spacial score (nSPS) is 14.6. The van der Waals surface area contributed by atoms with Gasteiger partial charge < -0.3 is 15.0 Å². The number of ether oxygens (including phenoxy) is 1. The summed E-state index contributed by atoms with van der Waals surface area (Å²) in [6.45, 7) is 0.00993. The van der Waals surface area contributed by atoms with Gasteiger partial charge in [0.2, 0.25) is 15.9 Å². The molecule has 4 aromatic carbocycles. The van der Waals surface area contributed by atoms with Gasteiger partial charge in [-0.1, -0.05) is 84.4 Å². The van der Waals surface area contributed by atoms with E-state index in [9.17, 15) is 18.0 Å². The summed E-state index contributed by atoms with van der Waals surface area (Å²) >= 11 is 6.00. The molecule has 0 radical (unpaired) electrons. The molecule has 5 rings (SSSR count). The number of nitrogens with zero attached hydrogens (tertiary/aromatic N) is 2. The highest BCUT2D eigenvalue weighted by Crippen LogP contribution is 2.33. The molecule has 1 aliphatic rings. The fraction of sp³-hybridized carbons (Fsp3) is 0.212. The van der Waals surface area contributed by atoms with Crippen molar-refractivity contribution in [3.63, 3.8) is 0 Å². The van der Waals surface area contributed by atoms with Crippen molar-refractivity contribution < 1.29 is 22.7 Å². The smallest absolute Gasteiger partial charge is 0.262 e. The zero-order valence-electron chi connectivity index (χ0n) is 23.4. The number of benzene rings is 4. The van der Waals surface area contributed by atoms with Gasteiger partial charge in [-0.3, -0.25) is 9.59 Å². The molecular formula is C33H32ClN3O5S. The van der Waals surface area contributed by atoms with Crippen LogP contribution in [-0.2, 0) is 32.5 Å². The zero-order chi connectivity index (χ0) is 30.2. The number of hydrogen-bond acceptors (Lipinski definition) is 5. The summed E-state index contributed by atoms with van der Waals surface area (Å²) < 4.78 is 34.7. The molecule has 4 aromatic rings. The minimum Gasteiger partial charge on any atom is -0.477 e. The van der Waals surface area contributed by atoms with Crippen LogP contribution in [0.1, 0.15) is 11.1 Å². The number of halogens is 1. The van der Waals surface area contributed by atoms with Crippen LogP contribution in [0.3, 0.4) is 0 Å². The second kappa shape index (κ2) is 13.9. The van der Waals surface area contributed by atoms with Gasteiger partial charge in [-0.15, -0.1) is 0 Å². The molecule has 1 N–H and O–H groups in total. The summed E-state index contributed by atoms with van der Waals surface area (Å²) in [5, 5.41) is 3.31. The number of nitrogens with one attached hydrogen (secondary N) is 1. The van der Waals surface area contributed by atoms with E-state index in [1.807, 2.05) is 60.7 Å². The molecule has 0 spiro atoms. The first-order chi connectivity index (χ1) is 20.8. The molecule has 0 saturated carbocycles. The Labute approximate surface area is 256 Å². The summed E-state index contributed by atoms with van der Waals surface area (Å²) in [6, 6.07) is 32.1. The number of anilines is 1. The molecule has 1 aliphatic heterocycles. The molecule has 0 unspecified atom stereocenters. The molecule has 222 valence electrons. The molecule has 43 heavy (non-hydrogen) atoms. The standard InChI is InChI=1S/C33H32ClN3O5S/c34-27-15-17-28(18-16-27)43(40,41)36(22-20-26-11-5-2-6-12-26)24-32(38)37-23-31(42-30-14-8-7-13-29(30)37)33(39)35-21-19-25-9-3-1-4-10-25/h1-18,31H,19-24H2,(H,35,39)/t31-/m1/s1. The maximum absolute atomic E-state index is 13.9. The third-order valence-electron chi connectivity index (χ3n) is 7.18. The molecule has 10 heteroatoms. The average Bonchev–Trinajstić information content (AvgIpc) is 3.03. The van der Waals surface area contributed by atoms with E-state index in [1.165, 1.54) is 33.5 Å². The Morgan fingerprint density at radius 2 is 1.44 bits per heavy atom. The minimum atomic E-state index is -4.05. The Bertz CT molecular complexity index is 1650. The van der Waals surface area contributed by atoms with E-state index in [1.54, 1.807) is 24.3 Å². The van der Waals surface area contributed by atoms with E-state index in [4.69, 9.17) is 16.3 Å². The average molecular weight is 618 g/mol. The van der Waals surface area contributed by atoms with E-state index in [2.05, 4.69) is 5.32 Å². The molecular weight excluding hydrogens is 586 g/mol. The van der Waals surface area contributed by atoms with Crippen molar-refractivity contribution >= 4 is 39.1 Å². The van der Waals surface area contributed by atoms with Crippen LogP contribution in [0, 0.1) is 0 Å². The Morgan fingerprint density at radius 1 is 0.837 bits per heavy atom. The number of para-hydroxylation sites is 2. The number of sulfonamides is 1. The molecule has 1 heterocycles. The van der Waals surface area contributed by atoms with Crippen LogP contribution in [0.25, 0.3) is 0 Å². The second-order valence-corrected chi connectivity index (χ2v) is 12.5. The van der Waals surface area contributed by atoms with E-state index >= 15 is 0 Å². The number of fused-ring (bicyclic) bond motifs is 1. The molecule has 0 saturated heterocycles. The molecule has 1 atom stereocenters. The van der Waals surface area contributed by atoms with Crippen molar-refractivity contribution in [2.24, 2.45) is 0 Å². The number of carbonyl (C=O) groups is 2. The topological polar surface area (TPSA) is 96.0 Å². The summed E-state index contributed by atoms with van der Waals surface area (Å²) in [4.78, 5) is 28.5. The fourth-order valence-corrected chi connectivity index (χ4v) is 6.39. The van der Waals surface area contributed by atoms with Crippen LogP contribution < -0.4 is 15.0 Å². The Balaban J connectivity index is 1.35. The van der Waals surface area contributed by atoms with Crippen molar-refractivity contribution in [1.29, 1.82) is 0 Å². The van der Waals surface area contributed by atoms with Gasteiger partial charge in [0.15, 0.2) is 6.10 Å². The summed E-state index contributed by atoms with van der Waals surface area (Å²) in [7, 11) is -4.05. The van der Waals surface area contributed by atoms with Crippen LogP contribution in [-0.4, -0.2) is 56.8 Å². The lowest BCUT2D eigenvalue weighted by Gasteiger charge is -2.35. The highest BCUT2D eigenvalue weighted by atomic mass is 35.5. The van der Waals surface area contributed by atoms with Crippen molar-refractivity contribution in [3.8, 4) is 5.75 Å². The summed E-state index contributed by atoms with van der Waals surface area (Å²) in [6.07, 6.45) is 0.102. The summed E-state index contributed by atoms with van der Waals surface area (Å²) in [5.41, 5.74) is 2.51. The monoisotopic (exact) mass is 617 g/mol. The quantitative estimate of drug-likeness (QED) is 0.263. The van der Waals surface area contributed by atoms with E-state index in [-0.39, 0.29) is 23.9 Å². The molecule has 0 bridgehead atoms. The largest absolute Gasteiger partial charge is 0.477 e. The lowest BCUT2D eigenvalue weighted by Crippen LogP contribution is -2.53. The molecule has 2 amide bonds. The lowest BCUT2D eigenvalue weighted by molar-refractivity contribution is -0.128. The second-order valence-electron chi connectivity index (χ2n) is 10.1. The Morgan fingerprint density at radius 3 is 2.12 bits per heavy atom. The van der Waals surface area contributed by atoms with E-state index < -0.39 is 28.6 Å². The van der Waals surface area contributed by atoms with E-state index in [0.29, 0.717) is 35.8 Å². The first-order valence-corrected chi connectivity index (χ1v) is 15.8. The highest BCUT2D eigenvalue weighted by Gasteiger charge is 2.36. The predicted molar refractivity (Wildman–Crippen MR) is 167 cm³/mol.